The van der Waals surface area contributed by atoms with Crippen LogP contribution in [-0.2, 0) is 4.79 Å². The third-order valence-electron chi connectivity index (χ3n) is 6.20. The van der Waals surface area contributed by atoms with Gasteiger partial charge >= 0.3 is 0 Å². The highest BCUT2D eigenvalue weighted by Crippen LogP contribution is 2.30. The van der Waals surface area contributed by atoms with Gasteiger partial charge in [0.05, 0.1) is 17.8 Å². The molecule has 30 heavy (non-hydrogen) atoms. The van der Waals surface area contributed by atoms with Crippen LogP contribution in [0.2, 0.25) is 0 Å². The molecule has 3 heterocycles. The van der Waals surface area contributed by atoms with Crippen LogP contribution in [0.3, 0.4) is 0 Å². The molecule has 0 unspecified atom stereocenters. The Morgan fingerprint density at radius 1 is 1.23 bits per heavy atom. The quantitative estimate of drug-likeness (QED) is 0.779. The number of benzene rings is 1. The maximum absolute atomic E-state index is 13.4. The van der Waals surface area contributed by atoms with Crippen molar-refractivity contribution in [3.63, 3.8) is 0 Å². The molecule has 10 heteroatoms. The average molecular weight is 420 g/mol. The van der Waals surface area contributed by atoms with Crippen LogP contribution in [0.25, 0.3) is 5.69 Å². The van der Waals surface area contributed by atoms with Crippen LogP contribution in [0, 0.1) is 17.0 Å². The fourth-order valence-corrected chi connectivity index (χ4v) is 4.00. The molecular weight excluding hydrogens is 394 g/mol. The molecule has 2 N–H and O–H groups in total. The van der Waals surface area contributed by atoms with Crippen molar-refractivity contribution in [3.05, 3.63) is 35.7 Å². The fourth-order valence-electron chi connectivity index (χ4n) is 4.00. The minimum absolute atomic E-state index is 0.0152. The number of hydrogen-bond acceptors (Lipinski definition) is 6. The van der Waals surface area contributed by atoms with Gasteiger partial charge < -0.3 is 15.3 Å². The van der Waals surface area contributed by atoms with Crippen molar-refractivity contribution < 1.29 is 18.7 Å². The van der Waals surface area contributed by atoms with Crippen LogP contribution in [0.4, 0.5) is 8.78 Å². The van der Waals surface area contributed by atoms with Crippen molar-refractivity contribution in [2.45, 2.75) is 51.2 Å². The molecule has 162 valence electrons. The molecule has 0 aliphatic carbocycles. The molecule has 0 bridgehead atoms. The van der Waals surface area contributed by atoms with Crippen LogP contribution in [0.1, 0.15) is 44.9 Å². The van der Waals surface area contributed by atoms with Crippen molar-refractivity contribution in [3.8, 4) is 5.69 Å². The Hall–Kier alpha value is -2.46. The van der Waals surface area contributed by atoms with Crippen LogP contribution in [0.15, 0.2) is 18.2 Å². The predicted octanol–water partition coefficient (Wildman–Crippen LogP) is 1.40. The summed E-state index contributed by atoms with van der Waals surface area (Å²) in [6, 6.07) is 3.07. The van der Waals surface area contributed by atoms with Gasteiger partial charge in [-0.25, -0.2) is 8.78 Å². The second kappa shape index (κ2) is 7.99. The molecule has 2 atom stereocenters. The van der Waals surface area contributed by atoms with Crippen molar-refractivity contribution >= 4 is 5.91 Å². The number of carbonyl (C=O) groups is 1. The number of aromatic nitrogens is 4. The van der Waals surface area contributed by atoms with Crippen molar-refractivity contribution in [1.29, 1.82) is 0 Å². The molecule has 0 saturated carbocycles. The predicted molar refractivity (Wildman–Crippen MR) is 104 cm³/mol. The molecule has 2 aliphatic rings. The van der Waals surface area contributed by atoms with Gasteiger partial charge in [-0.1, -0.05) is 13.8 Å². The summed E-state index contributed by atoms with van der Waals surface area (Å²) in [5, 5.41) is 25.9. The summed E-state index contributed by atoms with van der Waals surface area (Å²) in [5.74, 6) is -1.32. The van der Waals surface area contributed by atoms with Gasteiger partial charge in [0.25, 0.3) is 0 Å². The number of hydrogen-bond donors (Lipinski definition) is 2. The minimum atomic E-state index is -0.969. The van der Waals surface area contributed by atoms with E-state index in [-0.39, 0.29) is 23.3 Å². The first-order chi connectivity index (χ1) is 14.2. The van der Waals surface area contributed by atoms with E-state index in [2.05, 4.69) is 20.7 Å². The van der Waals surface area contributed by atoms with Crippen LogP contribution in [0.5, 0.6) is 0 Å². The molecule has 1 aromatic heterocycles. The first-order valence-corrected chi connectivity index (χ1v) is 10.2. The van der Waals surface area contributed by atoms with E-state index in [0.29, 0.717) is 50.4 Å². The van der Waals surface area contributed by atoms with Gasteiger partial charge in [-0.15, -0.1) is 15.0 Å². The topological polar surface area (TPSA) is 96.2 Å². The zero-order chi connectivity index (χ0) is 21.5. The highest BCUT2D eigenvalue weighted by atomic mass is 19.2. The van der Waals surface area contributed by atoms with Crippen molar-refractivity contribution in [2.75, 3.05) is 19.6 Å². The second-order valence-corrected chi connectivity index (χ2v) is 8.81. The largest absolute Gasteiger partial charge is 0.392 e. The van der Waals surface area contributed by atoms with Crippen molar-refractivity contribution in [2.24, 2.45) is 5.41 Å². The van der Waals surface area contributed by atoms with E-state index in [1.807, 2.05) is 18.7 Å². The van der Waals surface area contributed by atoms with Crippen molar-refractivity contribution in [1.82, 2.24) is 30.4 Å². The lowest BCUT2D eigenvalue weighted by Crippen LogP contribution is -2.58. The lowest BCUT2D eigenvalue weighted by Gasteiger charge is -2.41. The molecule has 2 aromatic rings. The maximum atomic E-state index is 13.4. The summed E-state index contributed by atoms with van der Waals surface area (Å²) >= 11 is 0. The average Bonchev–Trinajstić information content (AvgIpc) is 3.22. The van der Waals surface area contributed by atoms with E-state index in [1.54, 1.807) is 0 Å². The van der Waals surface area contributed by atoms with Crippen LogP contribution < -0.4 is 5.32 Å². The van der Waals surface area contributed by atoms with E-state index < -0.39 is 17.7 Å². The Morgan fingerprint density at radius 3 is 2.63 bits per heavy atom. The zero-order valence-corrected chi connectivity index (χ0v) is 17.1. The number of halogens is 2. The highest BCUT2D eigenvalue weighted by molar-refractivity contribution is 5.82. The Kier molecular flexibility index (Phi) is 5.54. The van der Waals surface area contributed by atoms with Gasteiger partial charge in [0.15, 0.2) is 17.5 Å². The Morgan fingerprint density at radius 2 is 1.97 bits per heavy atom. The van der Waals surface area contributed by atoms with Gasteiger partial charge in [-0.05, 0) is 36.6 Å². The van der Waals surface area contributed by atoms with E-state index in [1.165, 1.54) is 10.9 Å². The molecular formula is C20H26F2N6O2. The monoisotopic (exact) mass is 420 g/mol. The number of aliphatic hydroxyl groups is 1. The molecule has 2 aliphatic heterocycles. The number of likely N-dealkylation sites (tertiary alicyclic amines) is 1. The molecule has 8 nitrogen and oxygen atoms in total. The normalized spacial score (nSPS) is 24.8. The van der Waals surface area contributed by atoms with E-state index in [0.717, 1.165) is 12.1 Å². The van der Waals surface area contributed by atoms with E-state index in [4.69, 9.17) is 0 Å². The van der Waals surface area contributed by atoms with Gasteiger partial charge in [0.2, 0.25) is 5.91 Å². The third-order valence-corrected chi connectivity index (χ3v) is 6.20. The lowest BCUT2D eigenvalue weighted by molar-refractivity contribution is -0.137. The molecule has 1 aromatic carbocycles. The fraction of sp³-hybridized carbons (Fsp3) is 0.600. The number of aliphatic hydroxyl groups excluding tert-OH is 1. The number of rotatable bonds is 3. The zero-order valence-electron chi connectivity index (χ0n) is 17.1. The summed E-state index contributed by atoms with van der Waals surface area (Å²) in [6.07, 6.45) is 1.28. The standard InChI is InChI=1S/C20H26F2N6O2/c1-20(2)11-23-16(10-17(20)29)19(30)27-7-5-12(6-8-27)18-24-26-28(25-18)13-3-4-14(21)15(22)9-13/h3-4,9,12,16-17,23,29H,5-8,10-11H2,1-2H3/t16-,17+/m0/s1. The molecule has 2 fully saturated rings. The lowest BCUT2D eigenvalue weighted by atomic mass is 9.79. The molecule has 2 saturated heterocycles. The number of nitrogens with zero attached hydrogens (tertiary/aromatic N) is 5. The number of tetrazole rings is 1. The third kappa shape index (κ3) is 4.06. The summed E-state index contributed by atoms with van der Waals surface area (Å²) in [5.41, 5.74) is 0.0550. The SMILES string of the molecule is CC1(C)CN[C@H](C(=O)N2CCC(c3nnn(-c4ccc(F)c(F)c4)n3)CC2)C[C@H]1O. The minimum Gasteiger partial charge on any atom is -0.392 e. The molecule has 0 radical (unpaired) electrons. The molecule has 4 rings (SSSR count). The van der Waals surface area contributed by atoms with Gasteiger partial charge in [0, 0.05) is 37.0 Å². The van der Waals surface area contributed by atoms with Gasteiger partial charge in [-0.2, -0.15) is 0 Å². The van der Waals surface area contributed by atoms with E-state index >= 15 is 0 Å². The summed E-state index contributed by atoms with van der Waals surface area (Å²) in [7, 11) is 0. The van der Waals surface area contributed by atoms with Gasteiger partial charge in [0.1, 0.15) is 0 Å². The maximum Gasteiger partial charge on any atom is 0.239 e. The molecule has 1 amide bonds. The number of nitrogens with one attached hydrogen (secondary N) is 1. The van der Waals surface area contributed by atoms with Gasteiger partial charge in [-0.3, -0.25) is 4.79 Å². The highest BCUT2D eigenvalue weighted by Gasteiger charge is 2.39. The summed E-state index contributed by atoms with van der Waals surface area (Å²) < 4.78 is 26.6. The second-order valence-electron chi connectivity index (χ2n) is 8.81. The summed E-state index contributed by atoms with van der Waals surface area (Å²) in [4.78, 5) is 15.8. The smallest absolute Gasteiger partial charge is 0.239 e. The Labute approximate surface area is 173 Å². The van der Waals surface area contributed by atoms with Crippen LogP contribution >= 0.6 is 0 Å². The number of piperidine rings is 2. The number of amides is 1. The van der Waals surface area contributed by atoms with E-state index in [9.17, 15) is 18.7 Å². The van der Waals surface area contributed by atoms with Crippen LogP contribution in [-0.4, -0.2) is 67.9 Å². The Bertz CT molecular complexity index is 926. The number of carbonyl (C=O) groups excluding carboxylic acids is 1. The first kappa shape index (κ1) is 20.8. The summed E-state index contributed by atoms with van der Waals surface area (Å²) in [6.45, 7) is 5.70. The Balaban J connectivity index is 1.35. The first-order valence-electron chi connectivity index (χ1n) is 10.2. The molecule has 0 spiro atoms.